The number of thiazole rings is 1. The van der Waals surface area contributed by atoms with Crippen LogP contribution in [0.15, 0.2) is 35.7 Å². The lowest BCUT2D eigenvalue weighted by Crippen LogP contribution is -2.32. The van der Waals surface area contributed by atoms with Crippen LogP contribution in [0.1, 0.15) is 79.0 Å². The van der Waals surface area contributed by atoms with Crippen LogP contribution in [0.4, 0.5) is 5.69 Å². The van der Waals surface area contributed by atoms with E-state index in [4.69, 9.17) is 5.11 Å². The molecule has 6 nitrogen and oxygen atoms in total. The summed E-state index contributed by atoms with van der Waals surface area (Å²) in [5, 5.41) is 21.5. The van der Waals surface area contributed by atoms with Crippen LogP contribution in [0.5, 0.6) is 0 Å². The predicted octanol–water partition coefficient (Wildman–Crippen LogP) is 5.05. The Labute approximate surface area is 180 Å². The average molecular weight is 429 g/mol. The third-order valence-corrected chi connectivity index (χ3v) is 6.18. The first kappa shape index (κ1) is 22.2. The van der Waals surface area contributed by atoms with Crippen LogP contribution in [-0.4, -0.2) is 33.1 Å². The number of anilines is 1. The second kappa shape index (κ2) is 10.5. The number of aliphatic hydroxyl groups is 1. The van der Waals surface area contributed by atoms with Gasteiger partial charge in [0.2, 0.25) is 5.91 Å². The Morgan fingerprint density at radius 3 is 2.77 bits per heavy atom. The lowest BCUT2D eigenvalue weighted by Gasteiger charge is -2.24. The summed E-state index contributed by atoms with van der Waals surface area (Å²) < 4.78 is 0. The Bertz CT molecular complexity index is 891. The van der Waals surface area contributed by atoms with E-state index in [-0.39, 0.29) is 17.6 Å². The molecule has 7 heteroatoms. The first-order chi connectivity index (χ1) is 14.5. The molecule has 2 heterocycles. The van der Waals surface area contributed by atoms with Gasteiger partial charge in [-0.25, -0.2) is 9.78 Å². The van der Waals surface area contributed by atoms with Gasteiger partial charge in [-0.05, 0) is 43.0 Å². The number of amides is 1. The Morgan fingerprint density at radius 1 is 1.33 bits per heavy atom. The highest BCUT2D eigenvalue weighted by Crippen LogP contribution is 2.30. The van der Waals surface area contributed by atoms with E-state index in [0.29, 0.717) is 17.8 Å². The minimum Gasteiger partial charge on any atom is -0.476 e. The number of hydrogen-bond donors (Lipinski definition) is 2. The molecule has 3 rings (SSSR count). The van der Waals surface area contributed by atoms with Gasteiger partial charge < -0.3 is 15.1 Å². The van der Waals surface area contributed by atoms with Gasteiger partial charge in [-0.15, -0.1) is 11.3 Å². The monoisotopic (exact) mass is 428 g/mol. The standard InChI is InChI=1S/C23H28N2O4S/c1-2-3-4-7-20(26)16-9-11-18(12-10-16)25-17(13-14-22(25)27)6-5-8-21-24-19(15-30-21)23(28)29/h5,8-12,15,17,20,26H,2-4,6-7,13-14H2,1H3,(H,28,29)/t17-,20+/m0/s1. The summed E-state index contributed by atoms with van der Waals surface area (Å²) in [5.41, 5.74) is 1.79. The number of carboxylic acids is 1. The number of carboxylic acid groups (broad SMARTS) is 1. The van der Waals surface area contributed by atoms with Gasteiger partial charge in [0.25, 0.3) is 0 Å². The Morgan fingerprint density at radius 2 is 2.10 bits per heavy atom. The van der Waals surface area contributed by atoms with Crippen molar-refractivity contribution in [3.05, 3.63) is 52.0 Å². The Balaban J connectivity index is 1.62. The molecule has 1 aromatic carbocycles. The van der Waals surface area contributed by atoms with E-state index >= 15 is 0 Å². The molecular formula is C23H28N2O4S. The first-order valence-corrected chi connectivity index (χ1v) is 11.3. The molecule has 1 saturated heterocycles. The van der Waals surface area contributed by atoms with Crippen LogP contribution in [-0.2, 0) is 4.79 Å². The van der Waals surface area contributed by atoms with Crippen molar-refractivity contribution in [3.8, 4) is 0 Å². The van der Waals surface area contributed by atoms with Crippen LogP contribution in [0.25, 0.3) is 6.08 Å². The lowest BCUT2D eigenvalue weighted by molar-refractivity contribution is -0.117. The van der Waals surface area contributed by atoms with E-state index in [1.54, 1.807) is 0 Å². The summed E-state index contributed by atoms with van der Waals surface area (Å²) >= 11 is 1.29. The van der Waals surface area contributed by atoms with Crippen LogP contribution in [0.2, 0.25) is 0 Å². The Kier molecular flexibility index (Phi) is 7.76. The maximum Gasteiger partial charge on any atom is 0.355 e. The van der Waals surface area contributed by atoms with E-state index in [1.807, 2.05) is 41.3 Å². The average Bonchev–Trinajstić information content (AvgIpc) is 3.35. The van der Waals surface area contributed by atoms with E-state index in [0.717, 1.165) is 43.4 Å². The van der Waals surface area contributed by atoms with Crippen molar-refractivity contribution in [1.82, 2.24) is 4.98 Å². The molecule has 0 spiro atoms. The molecule has 1 aliphatic rings. The second-order valence-electron chi connectivity index (χ2n) is 7.57. The van der Waals surface area contributed by atoms with E-state index in [1.165, 1.54) is 16.7 Å². The number of benzene rings is 1. The van der Waals surface area contributed by atoms with E-state index in [2.05, 4.69) is 11.9 Å². The van der Waals surface area contributed by atoms with Crippen molar-refractivity contribution in [2.45, 2.75) is 64.0 Å². The molecule has 2 atom stereocenters. The summed E-state index contributed by atoms with van der Waals surface area (Å²) in [7, 11) is 0. The third-order valence-electron chi connectivity index (χ3n) is 5.37. The normalized spacial score (nSPS) is 17.7. The largest absolute Gasteiger partial charge is 0.476 e. The summed E-state index contributed by atoms with van der Waals surface area (Å²) in [6, 6.07) is 7.71. The van der Waals surface area contributed by atoms with Gasteiger partial charge in [0.05, 0.1) is 6.10 Å². The summed E-state index contributed by atoms with van der Waals surface area (Å²) in [6.07, 6.45) is 9.27. The highest BCUT2D eigenvalue weighted by Gasteiger charge is 2.31. The molecule has 1 aliphatic heterocycles. The number of aliphatic hydroxyl groups excluding tert-OH is 1. The van der Waals surface area contributed by atoms with Crippen molar-refractivity contribution in [2.75, 3.05) is 4.90 Å². The molecule has 0 unspecified atom stereocenters. The first-order valence-electron chi connectivity index (χ1n) is 10.4. The van der Waals surface area contributed by atoms with Crippen molar-refractivity contribution in [3.63, 3.8) is 0 Å². The summed E-state index contributed by atoms with van der Waals surface area (Å²) in [6.45, 7) is 2.14. The van der Waals surface area contributed by atoms with Gasteiger partial charge in [0, 0.05) is 23.5 Å². The molecule has 0 saturated carbocycles. The van der Waals surface area contributed by atoms with Crippen molar-refractivity contribution >= 4 is 35.0 Å². The number of aromatic nitrogens is 1. The number of rotatable bonds is 10. The fourth-order valence-electron chi connectivity index (χ4n) is 3.72. The maximum atomic E-state index is 12.5. The zero-order chi connectivity index (χ0) is 21.5. The molecule has 1 amide bonds. The van der Waals surface area contributed by atoms with Gasteiger partial charge in [-0.3, -0.25) is 4.79 Å². The summed E-state index contributed by atoms with van der Waals surface area (Å²) in [5.74, 6) is -0.926. The van der Waals surface area contributed by atoms with Crippen LogP contribution < -0.4 is 4.90 Å². The van der Waals surface area contributed by atoms with Gasteiger partial charge in [-0.1, -0.05) is 44.4 Å². The highest BCUT2D eigenvalue weighted by molar-refractivity contribution is 7.10. The molecule has 2 N–H and O–H groups in total. The zero-order valence-electron chi connectivity index (χ0n) is 17.2. The van der Waals surface area contributed by atoms with Crippen molar-refractivity contribution < 1.29 is 19.8 Å². The maximum absolute atomic E-state index is 12.5. The number of aromatic carboxylic acids is 1. The highest BCUT2D eigenvalue weighted by atomic mass is 32.1. The molecular weight excluding hydrogens is 400 g/mol. The minimum absolute atomic E-state index is 0.0503. The smallest absolute Gasteiger partial charge is 0.355 e. The number of hydrogen-bond acceptors (Lipinski definition) is 5. The molecule has 0 bridgehead atoms. The number of carbonyl (C=O) groups is 2. The quantitative estimate of drug-likeness (QED) is 0.517. The van der Waals surface area contributed by atoms with Crippen LogP contribution in [0.3, 0.4) is 0 Å². The number of carbonyl (C=O) groups excluding carboxylic acids is 1. The molecule has 0 radical (unpaired) electrons. The van der Waals surface area contributed by atoms with Crippen LogP contribution in [0, 0.1) is 0 Å². The number of unbranched alkanes of at least 4 members (excludes halogenated alkanes) is 2. The Hall–Kier alpha value is -2.51. The minimum atomic E-state index is -1.03. The van der Waals surface area contributed by atoms with E-state index in [9.17, 15) is 14.7 Å². The third kappa shape index (κ3) is 5.55. The van der Waals surface area contributed by atoms with E-state index < -0.39 is 12.1 Å². The fraction of sp³-hybridized carbons (Fsp3) is 0.435. The number of nitrogens with zero attached hydrogens (tertiary/aromatic N) is 2. The molecule has 30 heavy (non-hydrogen) atoms. The molecule has 0 aliphatic carbocycles. The molecule has 1 aromatic heterocycles. The SMILES string of the molecule is CCCCC[C@@H](O)c1ccc(N2C(=O)CC[C@@H]2CC=Cc2nc(C(=O)O)cs2)cc1. The summed E-state index contributed by atoms with van der Waals surface area (Å²) in [4.78, 5) is 29.3. The molecule has 1 fully saturated rings. The van der Waals surface area contributed by atoms with Crippen molar-refractivity contribution in [2.24, 2.45) is 0 Å². The predicted molar refractivity (Wildman–Crippen MR) is 119 cm³/mol. The topological polar surface area (TPSA) is 90.7 Å². The fourth-order valence-corrected chi connectivity index (χ4v) is 4.43. The van der Waals surface area contributed by atoms with Gasteiger partial charge in [0.1, 0.15) is 5.01 Å². The molecule has 2 aromatic rings. The molecule has 160 valence electrons. The van der Waals surface area contributed by atoms with Gasteiger partial charge in [0.15, 0.2) is 5.69 Å². The van der Waals surface area contributed by atoms with Crippen LogP contribution >= 0.6 is 11.3 Å². The van der Waals surface area contributed by atoms with Gasteiger partial charge >= 0.3 is 5.97 Å². The second-order valence-corrected chi connectivity index (χ2v) is 8.46. The zero-order valence-corrected chi connectivity index (χ0v) is 18.0. The van der Waals surface area contributed by atoms with Gasteiger partial charge in [-0.2, -0.15) is 0 Å². The van der Waals surface area contributed by atoms with Crippen molar-refractivity contribution in [1.29, 1.82) is 0 Å². The lowest BCUT2D eigenvalue weighted by atomic mass is 10.0.